The van der Waals surface area contributed by atoms with Crippen LogP contribution in [-0.2, 0) is 0 Å². The van der Waals surface area contributed by atoms with Gasteiger partial charge in [0.2, 0.25) is 0 Å². The fourth-order valence-electron chi connectivity index (χ4n) is 1.32. The summed E-state index contributed by atoms with van der Waals surface area (Å²) in [6.45, 7) is 2.10. The Labute approximate surface area is 99.3 Å². The maximum atomic E-state index is 5.83. The van der Waals surface area contributed by atoms with E-state index in [4.69, 9.17) is 11.6 Å². The van der Waals surface area contributed by atoms with Crippen molar-refractivity contribution in [3.63, 3.8) is 0 Å². The molecule has 0 radical (unpaired) electrons. The third-order valence-electron chi connectivity index (χ3n) is 2.04. The van der Waals surface area contributed by atoms with Gasteiger partial charge in [0.15, 0.2) is 0 Å². The summed E-state index contributed by atoms with van der Waals surface area (Å²) in [6, 6.07) is 16.4. The summed E-state index contributed by atoms with van der Waals surface area (Å²) in [7, 11) is 0. The van der Waals surface area contributed by atoms with Gasteiger partial charge in [0.1, 0.15) is 0 Å². The highest BCUT2D eigenvalue weighted by atomic mass is 35.5. The predicted molar refractivity (Wildman–Crippen MR) is 66.8 cm³/mol. The van der Waals surface area contributed by atoms with Gasteiger partial charge in [-0.1, -0.05) is 41.1 Å². The van der Waals surface area contributed by atoms with Gasteiger partial charge in [-0.2, -0.15) is 0 Å². The molecule has 15 heavy (non-hydrogen) atoms. The maximum absolute atomic E-state index is 5.83. The Kier molecular flexibility index (Phi) is 3.34. The summed E-state index contributed by atoms with van der Waals surface area (Å²) in [5.41, 5.74) is 1.29. The van der Waals surface area contributed by atoms with Crippen molar-refractivity contribution in [3.05, 3.63) is 59.1 Å². The number of hydrogen-bond donors (Lipinski definition) is 0. The number of benzene rings is 2. The van der Waals surface area contributed by atoms with Crippen molar-refractivity contribution in [2.75, 3.05) is 0 Å². The van der Waals surface area contributed by atoms with Crippen LogP contribution < -0.4 is 0 Å². The van der Waals surface area contributed by atoms with E-state index in [1.54, 1.807) is 11.8 Å². The van der Waals surface area contributed by atoms with Crippen molar-refractivity contribution in [2.24, 2.45) is 0 Å². The molecule has 0 bridgehead atoms. The summed E-state index contributed by atoms with van der Waals surface area (Å²) in [5.74, 6) is 0. The van der Waals surface area contributed by atoms with E-state index in [-0.39, 0.29) is 0 Å². The lowest BCUT2D eigenvalue weighted by Crippen LogP contribution is -1.75. The quantitative estimate of drug-likeness (QED) is 0.719. The van der Waals surface area contributed by atoms with E-state index in [0.717, 1.165) is 5.02 Å². The second kappa shape index (κ2) is 4.73. The van der Waals surface area contributed by atoms with E-state index >= 15 is 0 Å². The fraction of sp³-hybridized carbons (Fsp3) is 0.0769. The highest BCUT2D eigenvalue weighted by Crippen LogP contribution is 2.28. The van der Waals surface area contributed by atoms with Crippen LogP contribution in [0.4, 0.5) is 0 Å². The van der Waals surface area contributed by atoms with Gasteiger partial charge in [0.05, 0.1) is 0 Å². The Morgan fingerprint density at radius 2 is 1.67 bits per heavy atom. The molecule has 0 fully saturated rings. The van der Waals surface area contributed by atoms with Crippen molar-refractivity contribution in [1.29, 1.82) is 0 Å². The minimum atomic E-state index is 0.781. The first-order valence-electron chi connectivity index (χ1n) is 4.74. The maximum Gasteiger partial charge on any atom is 0.0406 e. The molecule has 0 nitrogen and oxygen atoms in total. The molecule has 0 amide bonds. The van der Waals surface area contributed by atoms with Gasteiger partial charge >= 0.3 is 0 Å². The van der Waals surface area contributed by atoms with Crippen molar-refractivity contribution in [3.8, 4) is 0 Å². The average molecular weight is 235 g/mol. The van der Waals surface area contributed by atoms with Crippen LogP contribution in [-0.4, -0.2) is 0 Å². The Balaban J connectivity index is 2.18. The lowest BCUT2D eigenvalue weighted by molar-refractivity contribution is 1.35. The predicted octanol–water partition coefficient (Wildman–Crippen LogP) is 4.80. The molecule has 0 saturated carbocycles. The van der Waals surface area contributed by atoms with Crippen LogP contribution in [0, 0.1) is 6.92 Å². The second-order valence-corrected chi connectivity index (χ2v) is 4.96. The Morgan fingerprint density at radius 1 is 0.933 bits per heavy atom. The molecule has 76 valence electrons. The van der Waals surface area contributed by atoms with Crippen LogP contribution in [0.2, 0.25) is 5.02 Å². The number of hydrogen-bond acceptors (Lipinski definition) is 1. The fourth-order valence-corrected chi connectivity index (χ4v) is 2.38. The van der Waals surface area contributed by atoms with E-state index in [9.17, 15) is 0 Å². The van der Waals surface area contributed by atoms with Crippen molar-refractivity contribution < 1.29 is 0 Å². The van der Waals surface area contributed by atoms with Crippen LogP contribution in [0.3, 0.4) is 0 Å². The molecule has 0 atom stereocenters. The zero-order valence-corrected chi connectivity index (χ0v) is 9.98. The van der Waals surface area contributed by atoms with E-state index in [1.165, 1.54) is 15.4 Å². The van der Waals surface area contributed by atoms with Crippen LogP contribution in [0.1, 0.15) is 5.56 Å². The summed E-state index contributed by atoms with van der Waals surface area (Å²) >= 11 is 7.58. The topological polar surface area (TPSA) is 0 Å². The molecule has 0 aliphatic heterocycles. The molecule has 0 heterocycles. The van der Waals surface area contributed by atoms with E-state index in [0.29, 0.717) is 0 Å². The van der Waals surface area contributed by atoms with E-state index in [1.807, 2.05) is 24.3 Å². The minimum Gasteiger partial charge on any atom is -0.0901 e. The molecule has 2 heteroatoms. The van der Waals surface area contributed by atoms with Crippen molar-refractivity contribution in [2.45, 2.75) is 16.7 Å². The molecular weight excluding hydrogens is 224 g/mol. The van der Waals surface area contributed by atoms with E-state index < -0.39 is 0 Å². The normalized spacial score (nSPS) is 10.3. The second-order valence-electron chi connectivity index (χ2n) is 3.37. The number of rotatable bonds is 2. The Morgan fingerprint density at radius 3 is 2.33 bits per heavy atom. The van der Waals surface area contributed by atoms with Gasteiger partial charge in [-0.05, 0) is 43.3 Å². The average Bonchev–Trinajstić information content (AvgIpc) is 2.22. The smallest absolute Gasteiger partial charge is 0.0406 e. The standard InChI is InChI=1S/C13H11ClS/c1-10-3-2-4-13(9-10)15-12-7-5-11(14)6-8-12/h2-9H,1H3. The molecule has 0 N–H and O–H groups in total. The van der Waals surface area contributed by atoms with Crippen molar-refractivity contribution >= 4 is 23.4 Å². The van der Waals surface area contributed by atoms with Gasteiger partial charge in [0.25, 0.3) is 0 Å². The molecule has 0 aromatic heterocycles. The molecule has 2 aromatic carbocycles. The van der Waals surface area contributed by atoms with Crippen LogP contribution in [0.5, 0.6) is 0 Å². The highest BCUT2D eigenvalue weighted by Gasteiger charge is 1.97. The molecule has 2 rings (SSSR count). The molecule has 0 saturated heterocycles. The Bertz CT molecular complexity index is 448. The lowest BCUT2D eigenvalue weighted by atomic mass is 10.2. The summed E-state index contributed by atoms with van der Waals surface area (Å²) in [6.07, 6.45) is 0. The largest absolute Gasteiger partial charge is 0.0901 e. The molecule has 2 aromatic rings. The van der Waals surface area contributed by atoms with Crippen LogP contribution in [0.15, 0.2) is 58.3 Å². The van der Waals surface area contributed by atoms with Gasteiger partial charge < -0.3 is 0 Å². The summed E-state index contributed by atoms with van der Waals surface area (Å²) < 4.78 is 0. The molecule has 0 aliphatic carbocycles. The van der Waals surface area contributed by atoms with Crippen molar-refractivity contribution in [1.82, 2.24) is 0 Å². The number of halogens is 1. The number of aryl methyl sites for hydroxylation is 1. The summed E-state index contributed by atoms with van der Waals surface area (Å²) in [5, 5.41) is 0.781. The third kappa shape index (κ3) is 3.01. The summed E-state index contributed by atoms with van der Waals surface area (Å²) in [4.78, 5) is 2.47. The zero-order chi connectivity index (χ0) is 10.7. The first-order valence-corrected chi connectivity index (χ1v) is 5.93. The zero-order valence-electron chi connectivity index (χ0n) is 8.41. The molecule has 0 aliphatic rings. The van der Waals surface area contributed by atoms with Gasteiger partial charge in [-0.15, -0.1) is 0 Å². The SMILES string of the molecule is Cc1cccc(Sc2ccc(Cl)cc2)c1. The van der Waals surface area contributed by atoms with Crippen LogP contribution >= 0.6 is 23.4 Å². The molecular formula is C13H11ClS. The molecule has 0 unspecified atom stereocenters. The first-order chi connectivity index (χ1) is 7.24. The van der Waals surface area contributed by atoms with Gasteiger partial charge in [0, 0.05) is 14.8 Å². The monoisotopic (exact) mass is 234 g/mol. The van der Waals surface area contributed by atoms with E-state index in [2.05, 4.69) is 31.2 Å². The Hall–Kier alpha value is -0.920. The van der Waals surface area contributed by atoms with Gasteiger partial charge in [-0.25, -0.2) is 0 Å². The third-order valence-corrected chi connectivity index (χ3v) is 3.29. The first kappa shape index (κ1) is 10.6. The van der Waals surface area contributed by atoms with Crippen LogP contribution in [0.25, 0.3) is 0 Å². The molecule has 0 spiro atoms. The van der Waals surface area contributed by atoms with Gasteiger partial charge in [-0.3, -0.25) is 0 Å². The minimum absolute atomic E-state index is 0.781. The lowest BCUT2D eigenvalue weighted by Gasteiger charge is -2.02. The highest BCUT2D eigenvalue weighted by molar-refractivity contribution is 7.99.